The van der Waals surface area contributed by atoms with Crippen molar-refractivity contribution in [1.29, 1.82) is 0 Å². The van der Waals surface area contributed by atoms with Crippen molar-refractivity contribution >= 4 is 27.3 Å². The van der Waals surface area contributed by atoms with E-state index in [4.69, 9.17) is 4.74 Å². The fourth-order valence-electron chi connectivity index (χ4n) is 4.67. The van der Waals surface area contributed by atoms with Crippen LogP contribution in [0.15, 0.2) is 48.5 Å². The van der Waals surface area contributed by atoms with Crippen LogP contribution < -0.4 is 9.62 Å². The molecule has 0 aliphatic carbocycles. The number of nitrogens with one attached hydrogen (secondary N) is 1. The van der Waals surface area contributed by atoms with Gasteiger partial charge in [0.25, 0.3) is 0 Å². The first kappa shape index (κ1) is 21.8. The van der Waals surface area contributed by atoms with Crippen molar-refractivity contribution in [3.63, 3.8) is 0 Å². The zero-order chi connectivity index (χ0) is 21.9. The Bertz CT molecular complexity index is 1030. The van der Waals surface area contributed by atoms with Gasteiger partial charge in [-0.15, -0.1) is 0 Å². The molecule has 2 aromatic carbocycles. The van der Waals surface area contributed by atoms with E-state index in [1.54, 1.807) is 0 Å². The minimum absolute atomic E-state index is 0.0341. The summed E-state index contributed by atoms with van der Waals surface area (Å²) in [5.74, 6) is 0.111. The van der Waals surface area contributed by atoms with Gasteiger partial charge < -0.3 is 10.1 Å². The SMILES string of the molecule is CCCS(=O)(=O)N1CCCc2cc(NC(=O)C3(c4ccccc4)CCOCC3)ccc21. The molecule has 2 aliphatic heterocycles. The summed E-state index contributed by atoms with van der Waals surface area (Å²) in [5.41, 5.74) is 2.79. The average molecular weight is 443 g/mol. The molecule has 2 heterocycles. The first-order valence-electron chi connectivity index (χ1n) is 11.0. The van der Waals surface area contributed by atoms with Crippen LogP contribution in [0.25, 0.3) is 0 Å². The summed E-state index contributed by atoms with van der Waals surface area (Å²) in [6.45, 7) is 3.49. The van der Waals surface area contributed by atoms with E-state index >= 15 is 0 Å². The molecule has 1 fully saturated rings. The van der Waals surface area contributed by atoms with E-state index in [1.807, 2.05) is 55.5 Å². The Hall–Kier alpha value is -2.38. The molecule has 4 rings (SSSR count). The maximum absolute atomic E-state index is 13.5. The molecule has 6 nitrogen and oxygen atoms in total. The standard InChI is InChI=1S/C24H30N2O4S/c1-2-17-31(28,29)26-14-6-7-19-18-21(10-11-22(19)26)25-23(27)24(12-15-30-16-13-24)20-8-4-3-5-9-20/h3-5,8-11,18H,2,6-7,12-17H2,1H3,(H,25,27). The van der Waals surface area contributed by atoms with Crippen LogP contribution in [0.3, 0.4) is 0 Å². The molecule has 166 valence electrons. The van der Waals surface area contributed by atoms with Gasteiger partial charge in [0.05, 0.1) is 16.9 Å². The third-order valence-corrected chi connectivity index (χ3v) is 8.29. The minimum atomic E-state index is -3.31. The van der Waals surface area contributed by atoms with Crippen LogP contribution in [0.4, 0.5) is 11.4 Å². The predicted molar refractivity (Wildman–Crippen MR) is 123 cm³/mol. The van der Waals surface area contributed by atoms with Crippen LogP contribution in [-0.4, -0.2) is 39.8 Å². The number of ether oxygens (including phenoxy) is 1. The van der Waals surface area contributed by atoms with Crippen LogP contribution in [-0.2, 0) is 31.4 Å². The number of benzene rings is 2. The lowest BCUT2D eigenvalue weighted by molar-refractivity contribution is -0.125. The van der Waals surface area contributed by atoms with Crippen molar-refractivity contribution < 1.29 is 17.9 Å². The van der Waals surface area contributed by atoms with Gasteiger partial charge in [-0.25, -0.2) is 8.42 Å². The highest BCUT2D eigenvalue weighted by molar-refractivity contribution is 7.92. The molecular formula is C24H30N2O4S. The minimum Gasteiger partial charge on any atom is -0.381 e. The van der Waals surface area contributed by atoms with E-state index in [1.165, 1.54) is 4.31 Å². The van der Waals surface area contributed by atoms with Crippen molar-refractivity contribution in [3.8, 4) is 0 Å². The lowest BCUT2D eigenvalue weighted by Crippen LogP contribution is -2.44. The summed E-state index contributed by atoms with van der Waals surface area (Å²) in [4.78, 5) is 13.5. The molecule has 0 spiro atoms. The van der Waals surface area contributed by atoms with E-state index in [9.17, 15) is 13.2 Å². The lowest BCUT2D eigenvalue weighted by Gasteiger charge is -2.36. The fourth-order valence-corrected chi connectivity index (χ4v) is 6.29. The van der Waals surface area contributed by atoms with Crippen LogP contribution in [0, 0.1) is 0 Å². The van der Waals surface area contributed by atoms with Gasteiger partial charge in [0.2, 0.25) is 15.9 Å². The number of amides is 1. The Labute approximate surface area is 184 Å². The maximum atomic E-state index is 13.5. The van der Waals surface area contributed by atoms with Gasteiger partial charge >= 0.3 is 0 Å². The number of hydrogen-bond acceptors (Lipinski definition) is 4. The van der Waals surface area contributed by atoms with Crippen molar-refractivity contribution in [2.45, 2.75) is 44.4 Å². The van der Waals surface area contributed by atoms with Crippen LogP contribution in [0.1, 0.15) is 43.7 Å². The van der Waals surface area contributed by atoms with Gasteiger partial charge in [-0.05, 0) is 61.4 Å². The number of fused-ring (bicyclic) bond motifs is 1. The van der Waals surface area contributed by atoms with Gasteiger partial charge in [0, 0.05) is 25.4 Å². The van der Waals surface area contributed by atoms with Gasteiger partial charge in [-0.2, -0.15) is 0 Å². The predicted octanol–water partition coefficient (Wildman–Crippen LogP) is 3.87. The molecule has 2 aliphatic rings. The van der Waals surface area contributed by atoms with Crippen LogP contribution >= 0.6 is 0 Å². The van der Waals surface area contributed by atoms with Gasteiger partial charge in [0.1, 0.15) is 0 Å². The molecule has 0 unspecified atom stereocenters. The molecule has 1 N–H and O–H groups in total. The number of hydrogen-bond donors (Lipinski definition) is 1. The summed E-state index contributed by atoms with van der Waals surface area (Å²) < 4.78 is 32.4. The van der Waals surface area contributed by atoms with Gasteiger partial charge in [0.15, 0.2) is 0 Å². The quantitative estimate of drug-likeness (QED) is 0.737. The van der Waals surface area contributed by atoms with Crippen molar-refractivity contribution in [2.75, 3.05) is 35.1 Å². The summed E-state index contributed by atoms with van der Waals surface area (Å²) >= 11 is 0. The molecule has 0 aromatic heterocycles. The monoisotopic (exact) mass is 442 g/mol. The Kier molecular flexibility index (Phi) is 6.34. The van der Waals surface area contributed by atoms with E-state index in [0.29, 0.717) is 44.7 Å². The number of anilines is 2. The molecule has 2 aromatic rings. The Morgan fingerprint density at radius 2 is 1.87 bits per heavy atom. The van der Waals surface area contributed by atoms with E-state index < -0.39 is 15.4 Å². The number of nitrogens with zero attached hydrogens (tertiary/aromatic N) is 1. The zero-order valence-corrected chi connectivity index (χ0v) is 18.8. The van der Waals surface area contributed by atoms with E-state index in [0.717, 1.165) is 29.7 Å². The molecule has 0 saturated carbocycles. The molecule has 31 heavy (non-hydrogen) atoms. The van der Waals surface area contributed by atoms with Crippen LogP contribution in [0.5, 0.6) is 0 Å². The Morgan fingerprint density at radius 3 is 2.58 bits per heavy atom. The van der Waals surface area contributed by atoms with E-state index in [2.05, 4.69) is 5.32 Å². The number of carbonyl (C=O) groups is 1. The first-order chi connectivity index (χ1) is 15.0. The maximum Gasteiger partial charge on any atom is 0.235 e. The third-order valence-electron chi connectivity index (χ3n) is 6.32. The second-order valence-corrected chi connectivity index (χ2v) is 10.4. The first-order valence-corrected chi connectivity index (χ1v) is 12.7. The van der Waals surface area contributed by atoms with Crippen molar-refractivity contribution in [3.05, 3.63) is 59.7 Å². The molecule has 0 atom stereocenters. The molecular weight excluding hydrogens is 412 g/mol. The Balaban J connectivity index is 1.60. The molecule has 1 saturated heterocycles. The molecule has 0 bridgehead atoms. The zero-order valence-electron chi connectivity index (χ0n) is 18.0. The molecule has 0 radical (unpaired) electrons. The average Bonchev–Trinajstić information content (AvgIpc) is 2.79. The van der Waals surface area contributed by atoms with E-state index in [-0.39, 0.29) is 11.7 Å². The largest absolute Gasteiger partial charge is 0.381 e. The van der Waals surface area contributed by atoms with Gasteiger partial charge in [-0.1, -0.05) is 37.3 Å². The normalized spacial score (nSPS) is 18.3. The smallest absolute Gasteiger partial charge is 0.235 e. The number of sulfonamides is 1. The highest BCUT2D eigenvalue weighted by Crippen LogP contribution is 2.37. The highest BCUT2D eigenvalue weighted by atomic mass is 32.2. The number of aryl methyl sites for hydroxylation is 1. The Morgan fingerprint density at radius 1 is 1.13 bits per heavy atom. The summed E-state index contributed by atoms with van der Waals surface area (Å²) in [5, 5.41) is 3.12. The van der Waals surface area contributed by atoms with Gasteiger partial charge in [-0.3, -0.25) is 9.10 Å². The molecule has 1 amide bonds. The second kappa shape index (κ2) is 9.01. The second-order valence-electron chi connectivity index (χ2n) is 8.35. The summed E-state index contributed by atoms with van der Waals surface area (Å²) in [6.07, 6.45) is 3.44. The summed E-state index contributed by atoms with van der Waals surface area (Å²) in [6, 6.07) is 15.5. The molecule has 7 heteroatoms. The summed E-state index contributed by atoms with van der Waals surface area (Å²) in [7, 11) is -3.31. The van der Waals surface area contributed by atoms with Crippen LogP contribution in [0.2, 0.25) is 0 Å². The number of carbonyl (C=O) groups excluding carboxylic acids is 1. The number of rotatable bonds is 6. The highest BCUT2D eigenvalue weighted by Gasteiger charge is 2.41. The third kappa shape index (κ3) is 4.34. The lowest BCUT2D eigenvalue weighted by atomic mass is 9.73. The fraction of sp³-hybridized carbons (Fsp3) is 0.458. The van der Waals surface area contributed by atoms with Crippen molar-refractivity contribution in [2.24, 2.45) is 0 Å². The topological polar surface area (TPSA) is 75.7 Å². The van der Waals surface area contributed by atoms with Crippen molar-refractivity contribution in [1.82, 2.24) is 0 Å².